The Labute approximate surface area is 195 Å². The topological polar surface area (TPSA) is 133 Å². The second-order valence-electron chi connectivity index (χ2n) is 8.33. The molecular formula is C24H24N8O2. The number of likely N-dealkylation sites (N-methyl/N-ethyl adjacent to an activating group) is 1. The molecule has 0 spiro atoms. The van der Waals surface area contributed by atoms with Gasteiger partial charge in [0, 0.05) is 49.7 Å². The second-order valence-corrected chi connectivity index (χ2v) is 8.33. The normalized spacial score (nSPS) is 12.9. The Balaban J connectivity index is 1.53. The van der Waals surface area contributed by atoms with Crippen LogP contribution in [0.1, 0.15) is 31.2 Å². The number of aryl methyl sites for hydroxylation is 1. The van der Waals surface area contributed by atoms with Crippen LogP contribution in [-0.4, -0.2) is 60.9 Å². The number of nitrogens with one attached hydrogen (secondary N) is 3. The zero-order chi connectivity index (χ0) is 23.8. The number of imidazole rings is 1. The molecule has 0 unspecified atom stereocenters. The van der Waals surface area contributed by atoms with Crippen LogP contribution in [0.25, 0.3) is 39.3 Å². The number of hydrogen-bond donors (Lipinski definition) is 3. The molecule has 0 saturated carbocycles. The first kappa shape index (κ1) is 21.5. The molecule has 0 aromatic carbocycles. The lowest BCUT2D eigenvalue weighted by atomic mass is 9.99. The first-order valence-corrected chi connectivity index (χ1v) is 11.1. The molecule has 4 heterocycles. The number of fused-ring (bicyclic) bond motifs is 2. The number of carbonyl (C=O) groups is 2. The number of H-pyrrole nitrogens is 2. The van der Waals surface area contributed by atoms with Crippen LogP contribution < -0.4 is 5.32 Å². The summed E-state index contributed by atoms with van der Waals surface area (Å²) in [5.41, 5.74) is 5.73. The number of nitrogens with zero attached hydrogens (tertiary/aromatic N) is 5. The van der Waals surface area contributed by atoms with Crippen LogP contribution in [0.5, 0.6) is 0 Å². The SMILES string of the molecule is CCC(=O)Nc1cncc(-c2cnc3n[nH]c(-c4nc5c([nH]4)CCC=C5C(=O)N(C)C)c3c2)c1. The van der Waals surface area contributed by atoms with Crippen molar-refractivity contribution in [3.63, 3.8) is 0 Å². The van der Waals surface area contributed by atoms with E-state index in [1.54, 1.807) is 44.5 Å². The summed E-state index contributed by atoms with van der Waals surface area (Å²) in [6, 6.07) is 3.82. The third-order valence-electron chi connectivity index (χ3n) is 5.74. The van der Waals surface area contributed by atoms with Gasteiger partial charge in [-0.1, -0.05) is 13.0 Å². The smallest absolute Gasteiger partial charge is 0.255 e. The van der Waals surface area contributed by atoms with Crippen LogP contribution in [0, 0.1) is 0 Å². The third-order valence-corrected chi connectivity index (χ3v) is 5.74. The molecule has 0 bridgehead atoms. The predicted molar refractivity (Wildman–Crippen MR) is 129 cm³/mol. The number of amides is 2. The summed E-state index contributed by atoms with van der Waals surface area (Å²) < 4.78 is 0. The molecule has 34 heavy (non-hydrogen) atoms. The van der Waals surface area contributed by atoms with Crippen molar-refractivity contribution in [2.24, 2.45) is 0 Å². The maximum atomic E-state index is 12.6. The van der Waals surface area contributed by atoms with Crippen molar-refractivity contribution in [3.05, 3.63) is 48.2 Å². The number of hydrogen-bond acceptors (Lipinski definition) is 6. The molecule has 0 atom stereocenters. The molecule has 0 fully saturated rings. The molecule has 10 heteroatoms. The van der Waals surface area contributed by atoms with Gasteiger partial charge in [-0.05, 0) is 25.0 Å². The number of aromatic nitrogens is 6. The van der Waals surface area contributed by atoms with Crippen LogP contribution in [-0.2, 0) is 16.0 Å². The second kappa shape index (κ2) is 8.54. The Hall–Kier alpha value is -4.34. The maximum Gasteiger partial charge on any atom is 0.255 e. The molecule has 1 aliphatic carbocycles. The zero-order valence-corrected chi connectivity index (χ0v) is 19.1. The molecule has 0 saturated heterocycles. The highest BCUT2D eigenvalue weighted by Crippen LogP contribution is 2.32. The van der Waals surface area contributed by atoms with E-state index in [1.165, 1.54) is 0 Å². The lowest BCUT2D eigenvalue weighted by Gasteiger charge is -2.15. The highest BCUT2D eigenvalue weighted by Gasteiger charge is 2.25. The van der Waals surface area contributed by atoms with Crippen LogP contribution in [0.4, 0.5) is 5.69 Å². The number of carbonyl (C=O) groups excluding carboxylic acids is 2. The Kier molecular flexibility index (Phi) is 5.40. The molecule has 0 radical (unpaired) electrons. The van der Waals surface area contributed by atoms with Gasteiger partial charge < -0.3 is 15.2 Å². The molecule has 1 aliphatic rings. The fourth-order valence-electron chi connectivity index (χ4n) is 3.97. The van der Waals surface area contributed by atoms with Gasteiger partial charge in [-0.3, -0.25) is 19.7 Å². The summed E-state index contributed by atoms with van der Waals surface area (Å²) in [6.45, 7) is 1.80. The molecule has 4 aromatic rings. The van der Waals surface area contributed by atoms with E-state index >= 15 is 0 Å². The Morgan fingerprint density at radius 2 is 1.97 bits per heavy atom. The average molecular weight is 457 g/mol. The van der Waals surface area contributed by atoms with E-state index in [1.807, 2.05) is 18.2 Å². The van der Waals surface area contributed by atoms with E-state index in [0.29, 0.717) is 40.5 Å². The minimum atomic E-state index is -0.0763. The minimum absolute atomic E-state index is 0.0695. The average Bonchev–Trinajstić information content (AvgIpc) is 3.47. The van der Waals surface area contributed by atoms with E-state index in [2.05, 4.69) is 30.5 Å². The van der Waals surface area contributed by atoms with Crippen LogP contribution >= 0.6 is 0 Å². The highest BCUT2D eigenvalue weighted by molar-refractivity contribution is 6.19. The third kappa shape index (κ3) is 3.83. The summed E-state index contributed by atoms with van der Waals surface area (Å²) in [6.07, 6.45) is 8.94. The molecule has 4 aromatic heterocycles. The lowest BCUT2D eigenvalue weighted by Crippen LogP contribution is -2.24. The van der Waals surface area contributed by atoms with Crippen LogP contribution in [0.2, 0.25) is 0 Å². The molecule has 2 amide bonds. The lowest BCUT2D eigenvalue weighted by molar-refractivity contribution is -0.122. The molecule has 172 valence electrons. The molecule has 5 rings (SSSR count). The number of allylic oxidation sites excluding steroid dienone is 1. The molecular weight excluding hydrogens is 432 g/mol. The van der Waals surface area contributed by atoms with Gasteiger partial charge in [-0.25, -0.2) is 9.97 Å². The van der Waals surface area contributed by atoms with Gasteiger partial charge in [0.2, 0.25) is 5.91 Å². The van der Waals surface area contributed by atoms with Gasteiger partial charge in [-0.2, -0.15) is 5.10 Å². The number of rotatable bonds is 5. The van der Waals surface area contributed by atoms with Crippen molar-refractivity contribution >= 4 is 34.1 Å². The summed E-state index contributed by atoms with van der Waals surface area (Å²) in [4.78, 5) is 42.8. The van der Waals surface area contributed by atoms with Gasteiger partial charge in [0.25, 0.3) is 5.91 Å². The summed E-state index contributed by atoms with van der Waals surface area (Å²) in [5.74, 6) is 0.459. The number of aromatic amines is 2. The van der Waals surface area contributed by atoms with E-state index in [9.17, 15) is 9.59 Å². The van der Waals surface area contributed by atoms with Gasteiger partial charge in [0.1, 0.15) is 5.69 Å². The first-order chi connectivity index (χ1) is 16.4. The van der Waals surface area contributed by atoms with Gasteiger partial charge in [-0.15, -0.1) is 0 Å². The van der Waals surface area contributed by atoms with Crippen LogP contribution in [0.3, 0.4) is 0 Å². The first-order valence-electron chi connectivity index (χ1n) is 11.1. The summed E-state index contributed by atoms with van der Waals surface area (Å²) >= 11 is 0. The van der Waals surface area contributed by atoms with Crippen molar-refractivity contribution in [2.45, 2.75) is 26.2 Å². The van der Waals surface area contributed by atoms with Crippen molar-refractivity contribution in [2.75, 3.05) is 19.4 Å². The Morgan fingerprint density at radius 1 is 1.15 bits per heavy atom. The molecule has 3 N–H and O–H groups in total. The van der Waals surface area contributed by atoms with E-state index in [-0.39, 0.29) is 11.8 Å². The van der Waals surface area contributed by atoms with Crippen molar-refractivity contribution < 1.29 is 9.59 Å². The Bertz CT molecular complexity index is 1450. The quantitative estimate of drug-likeness (QED) is 0.422. The van der Waals surface area contributed by atoms with E-state index in [4.69, 9.17) is 4.98 Å². The van der Waals surface area contributed by atoms with Crippen LogP contribution in [0.15, 0.2) is 36.8 Å². The van der Waals surface area contributed by atoms with Crippen molar-refractivity contribution in [3.8, 4) is 22.6 Å². The van der Waals surface area contributed by atoms with Crippen molar-refractivity contribution in [1.82, 2.24) is 35.0 Å². The maximum absolute atomic E-state index is 12.6. The minimum Gasteiger partial charge on any atom is -0.345 e. The summed E-state index contributed by atoms with van der Waals surface area (Å²) in [7, 11) is 3.47. The fourth-order valence-corrected chi connectivity index (χ4v) is 3.97. The van der Waals surface area contributed by atoms with Gasteiger partial charge in [0.05, 0.1) is 28.5 Å². The Morgan fingerprint density at radius 3 is 2.76 bits per heavy atom. The molecule has 10 nitrogen and oxygen atoms in total. The predicted octanol–water partition coefficient (Wildman–Crippen LogP) is 3.18. The molecule has 0 aliphatic heterocycles. The fraction of sp³-hybridized carbons (Fsp3) is 0.250. The summed E-state index contributed by atoms with van der Waals surface area (Å²) in [5, 5.41) is 11.0. The van der Waals surface area contributed by atoms with E-state index in [0.717, 1.165) is 35.0 Å². The largest absolute Gasteiger partial charge is 0.345 e. The monoisotopic (exact) mass is 456 g/mol. The zero-order valence-electron chi connectivity index (χ0n) is 19.1. The van der Waals surface area contributed by atoms with Crippen molar-refractivity contribution in [1.29, 1.82) is 0 Å². The number of pyridine rings is 2. The standard InChI is InChI=1S/C24H24N8O2/c1-4-19(33)27-15-8-13(10-25-12-15)14-9-17-21(30-31-22(17)26-11-14)23-28-18-7-5-6-16(20(18)29-23)24(34)32(2)3/h6,8-12H,4-5,7H2,1-3H3,(H,27,33)(H,28,29)(H,26,30,31). The number of anilines is 1. The van der Waals surface area contributed by atoms with Gasteiger partial charge in [0.15, 0.2) is 11.5 Å². The highest BCUT2D eigenvalue weighted by atomic mass is 16.2. The van der Waals surface area contributed by atoms with E-state index < -0.39 is 0 Å². The van der Waals surface area contributed by atoms with Gasteiger partial charge >= 0.3 is 0 Å².